The van der Waals surface area contributed by atoms with Crippen molar-refractivity contribution in [3.63, 3.8) is 0 Å². The number of carboxylic acids is 1. The highest BCUT2D eigenvalue weighted by atomic mass is 16.4. The van der Waals surface area contributed by atoms with Crippen molar-refractivity contribution in [1.29, 1.82) is 0 Å². The molecule has 1 aromatic carbocycles. The Morgan fingerprint density at radius 2 is 2.16 bits per heavy atom. The van der Waals surface area contributed by atoms with E-state index in [0.29, 0.717) is 10.9 Å². The van der Waals surface area contributed by atoms with E-state index in [1.807, 2.05) is 0 Å². The molecule has 0 aliphatic rings. The van der Waals surface area contributed by atoms with Gasteiger partial charge in [0.05, 0.1) is 0 Å². The summed E-state index contributed by atoms with van der Waals surface area (Å²) in [6.07, 6.45) is 0. The Morgan fingerprint density at radius 3 is 2.84 bits per heavy atom. The molecule has 0 aliphatic carbocycles. The fourth-order valence-electron chi connectivity index (χ4n) is 1.72. The monoisotopic (exact) mass is 263 g/mol. The molecule has 1 aromatic heterocycles. The van der Waals surface area contributed by atoms with Crippen LogP contribution in [0.3, 0.4) is 0 Å². The van der Waals surface area contributed by atoms with Gasteiger partial charge in [-0.05, 0) is 24.6 Å². The third-order valence-corrected chi connectivity index (χ3v) is 2.78. The number of fused-ring (bicyclic) bond motifs is 1. The first-order valence-electron chi connectivity index (χ1n) is 5.69. The molecule has 0 bridgehead atoms. The lowest BCUT2D eigenvalue weighted by atomic mass is 10.1. The van der Waals surface area contributed by atoms with Crippen LogP contribution in [0.1, 0.15) is 12.5 Å². The molecule has 1 atom stereocenters. The van der Waals surface area contributed by atoms with Gasteiger partial charge >= 0.3 is 11.6 Å². The lowest BCUT2D eigenvalue weighted by molar-refractivity contribution is -0.139. The van der Waals surface area contributed by atoms with E-state index in [4.69, 9.17) is 9.52 Å². The molecule has 1 unspecified atom stereocenters. The van der Waals surface area contributed by atoms with E-state index in [0.717, 1.165) is 0 Å². The standard InChI is InChI=1S/C13H13NO5/c1-7(13(17)18)14-6-8-4-12(16)19-11-5-9(15)2-3-10(8)11/h2-5,7,14-15H,6H2,1H3,(H,17,18). The molecule has 2 aromatic rings. The number of benzene rings is 1. The number of phenolic OH excluding ortho intramolecular Hbond substituents is 1. The molecule has 0 saturated carbocycles. The number of aromatic hydroxyl groups is 1. The van der Waals surface area contributed by atoms with Gasteiger partial charge in [0.2, 0.25) is 0 Å². The second-order valence-electron chi connectivity index (χ2n) is 4.21. The van der Waals surface area contributed by atoms with Crippen molar-refractivity contribution in [2.45, 2.75) is 19.5 Å². The predicted molar refractivity (Wildman–Crippen MR) is 68.1 cm³/mol. The summed E-state index contributed by atoms with van der Waals surface area (Å²) in [5.74, 6) is -0.968. The first kappa shape index (κ1) is 13.1. The van der Waals surface area contributed by atoms with Crippen LogP contribution >= 0.6 is 0 Å². The number of rotatable bonds is 4. The van der Waals surface area contributed by atoms with E-state index in [-0.39, 0.29) is 17.9 Å². The lowest BCUT2D eigenvalue weighted by Crippen LogP contribution is -2.33. The van der Waals surface area contributed by atoms with Gasteiger partial charge in [0.15, 0.2) is 0 Å². The number of hydrogen-bond acceptors (Lipinski definition) is 5. The van der Waals surface area contributed by atoms with Crippen LogP contribution in [0.2, 0.25) is 0 Å². The second-order valence-corrected chi connectivity index (χ2v) is 4.21. The Labute approximate surface area is 108 Å². The average Bonchev–Trinajstić information content (AvgIpc) is 2.34. The van der Waals surface area contributed by atoms with Crippen LogP contribution in [-0.2, 0) is 11.3 Å². The molecule has 0 radical (unpaired) electrons. The summed E-state index contributed by atoms with van der Waals surface area (Å²) in [7, 11) is 0. The number of phenols is 1. The fourth-order valence-corrected chi connectivity index (χ4v) is 1.72. The van der Waals surface area contributed by atoms with Crippen molar-refractivity contribution in [3.8, 4) is 5.75 Å². The lowest BCUT2D eigenvalue weighted by Gasteiger charge is -2.10. The maximum Gasteiger partial charge on any atom is 0.336 e. The van der Waals surface area contributed by atoms with Crippen molar-refractivity contribution in [2.24, 2.45) is 0 Å². The highest BCUT2D eigenvalue weighted by Crippen LogP contribution is 2.21. The van der Waals surface area contributed by atoms with Crippen molar-refractivity contribution >= 4 is 16.9 Å². The number of carboxylic acid groups (broad SMARTS) is 1. The quantitative estimate of drug-likeness (QED) is 0.713. The molecule has 0 aliphatic heterocycles. The predicted octanol–water partition coefficient (Wildman–Crippen LogP) is 1.06. The van der Waals surface area contributed by atoms with Gasteiger partial charge in [-0.3, -0.25) is 4.79 Å². The van der Waals surface area contributed by atoms with Crippen molar-refractivity contribution in [1.82, 2.24) is 5.32 Å². The Morgan fingerprint density at radius 1 is 1.42 bits per heavy atom. The topological polar surface area (TPSA) is 99.8 Å². The first-order chi connectivity index (χ1) is 8.97. The van der Waals surface area contributed by atoms with E-state index in [1.165, 1.54) is 25.1 Å². The molecular formula is C13H13NO5. The summed E-state index contributed by atoms with van der Waals surface area (Å²) in [6, 6.07) is 5.03. The van der Waals surface area contributed by atoms with Crippen molar-refractivity contribution in [3.05, 3.63) is 40.2 Å². The molecule has 1 heterocycles. The normalized spacial score (nSPS) is 12.5. The summed E-state index contributed by atoms with van der Waals surface area (Å²) in [5, 5.41) is 21.6. The molecule has 0 fully saturated rings. The molecule has 0 amide bonds. The SMILES string of the molecule is CC(NCc1cc(=O)oc2cc(O)ccc12)C(=O)O. The smallest absolute Gasteiger partial charge is 0.336 e. The van der Waals surface area contributed by atoms with Gasteiger partial charge in [0.25, 0.3) is 0 Å². The van der Waals surface area contributed by atoms with Crippen LogP contribution in [0.5, 0.6) is 5.75 Å². The van der Waals surface area contributed by atoms with Crippen LogP contribution in [0, 0.1) is 0 Å². The summed E-state index contributed by atoms with van der Waals surface area (Å²) >= 11 is 0. The third kappa shape index (κ3) is 2.92. The third-order valence-electron chi connectivity index (χ3n) is 2.78. The van der Waals surface area contributed by atoms with Gasteiger partial charge in [-0.2, -0.15) is 0 Å². The van der Waals surface area contributed by atoms with Crippen LogP contribution in [0.15, 0.2) is 33.5 Å². The second kappa shape index (κ2) is 5.11. The molecule has 0 saturated heterocycles. The molecule has 100 valence electrons. The number of aliphatic carboxylic acids is 1. The van der Waals surface area contributed by atoms with Gasteiger partial charge in [-0.25, -0.2) is 4.79 Å². The Hall–Kier alpha value is -2.34. The maximum atomic E-state index is 11.4. The zero-order chi connectivity index (χ0) is 14.0. The molecule has 3 N–H and O–H groups in total. The van der Waals surface area contributed by atoms with Gasteiger partial charge in [0, 0.05) is 24.1 Å². The Balaban J connectivity index is 2.37. The fraction of sp³-hybridized carbons (Fsp3) is 0.231. The largest absolute Gasteiger partial charge is 0.508 e. The first-order valence-corrected chi connectivity index (χ1v) is 5.69. The summed E-state index contributed by atoms with van der Waals surface area (Å²) in [5.41, 5.74) is 0.351. The number of carbonyl (C=O) groups is 1. The Bertz CT molecular complexity index is 676. The highest BCUT2D eigenvalue weighted by Gasteiger charge is 2.12. The van der Waals surface area contributed by atoms with Crippen molar-refractivity contribution in [2.75, 3.05) is 0 Å². The van der Waals surface area contributed by atoms with E-state index < -0.39 is 17.6 Å². The van der Waals surface area contributed by atoms with E-state index in [1.54, 1.807) is 6.07 Å². The maximum absolute atomic E-state index is 11.4. The summed E-state index contributed by atoms with van der Waals surface area (Å²) in [4.78, 5) is 22.1. The minimum Gasteiger partial charge on any atom is -0.508 e. The van der Waals surface area contributed by atoms with Crippen LogP contribution in [0.25, 0.3) is 11.0 Å². The van der Waals surface area contributed by atoms with Gasteiger partial charge in [-0.15, -0.1) is 0 Å². The van der Waals surface area contributed by atoms with Crippen LogP contribution in [0.4, 0.5) is 0 Å². The number of nitrogens with one attached hydrogen (secondary N) is 1. The minimum atomic E-state index is -0.968. The van der Waals surface area contributed by atoms with E-state index in [2.05, 4.69) is 5.32 Å². The molecule has 6 heteroatoms. The zero-order valence-electron chi connectivity index (χ0n) is 10.2. The van der Waals surface area contributed by atoms with E-state index >= 15 is 0 Å². The summed E-state index contributed by atoms with van der Waals surface area (Å²) in [6.45, 7) is 1.74. The van der Waals surface area contributed by atoms with Gasteiger partial charge in [-0.1, -0.05) is 0 Å². The van der Waals surface area contributed by atoms with Crippen LogP contribution < -0.4 is 10.9 Å². The Kier molecular flexibility index (Phi) is 3.52. The van der Waals surface area contributed by atoms with Gasteiger partial charge in [0.1, 0.15) is 17.4 Å². The highest BCUT2D eigenvalue weighted by molar-refractivity contribution is 5.81. The zero-order valence-corrected chi connectivity index (χ0v) is 10.2. The molecular weight excluding hydrogens is 250 g/mol. The molecule has 19 heavy (non-hydrogen) atoms. The van der Waals surface area contributed by atoms with Crippen molar-refractivity contribution < 1.29 is 19.4 Å². The molecule has 2 rings (SSSR count). The summed E-state index contributed by atoms with van der Waals surface area (Å²) < 4.78 is 4.98. The molecule has 0 spiro atoms. The number of hydrogen-bond donors (Lipinski definition) is 3. The average molecular weight is 263 g/mol. The van der Waals surface area contributed by atoms with Gasteiger partial charge < -0.3 is 19.9 Å². The molecule has 6 nitrogen and oxygen atoms in total. The van der Waals surface area contributed by atoms with Crippen LogP contribution in [-0.4, -0.2) is 22.2 Å². The van der Waals surface area contributed by atoms with E-state index in [9.17, 15) is 14.7 Å². The minimum absolute atomic E-state index is 0.000312.